The van der Waals surface area contributed by atoms with E-state index in [4.69, 9.17) is 4.98 Å². The molecule has 0 atom stereocenters. The topological polar surface area (TPSA) is 44.8 Å². The van der Waals surface area contributed by atoms with E-state index < -0.39 is 0 Å². The minimum absolute atomic E-state index is 0.513. The number of imidazole rings is 1. The van der Waals surface area contributed by atoms with Crippen molar-refractivity contribution in [2.24, 2.45) is 0 Å². The third-order valence-corrected chi connectivity index (χ3v) is 4.84. The van der Waals surface area contributed by atoms with Gasteiger partial charge in [0.1, 0.15) is 5.82 Å². The van der Waals surface area contributed by atoms with E-state index >= 15 is 0 Å². The molecule has 122 valence electrons. The molecule has 1 fully saturated rings. The van der Waals surface area contributed by atoms with Gasteiger partial charge in [0, 0.05) is 29.4 Å². The first-order valence-electron chi connectivity index (χ1n) is 8.55. The van der Waals surface area contributed by atoms with Gasteiger partial charge in [0.25, 0.3) is 0 Å². The maximum absolute atomic E-state index is 5.01. The van der Waals surface area contributed by atoms with E-state index in [1.54, 1.807) is 0 Å². The lowest BCUT2D eigenvalue weighted by Crippen LogP contribution is -2.29. The summed E-state index contributed by atoms with van der Waals surface area (Å²) in [5.41, 5.74) is 4.42. The number of rotatable bonds is 3. The van der Waals surface area contributed by atoms with Gasteiger partial charge in [-0.25, -0.2) is 4.98 Å². The van der Waals surface area contributed by atoms with Gasteiger partial charge >= 0.3 is 0 Å². The molecule has 0 saturated carbocycles. The van der Waals surface area contributed by atoms with Crippen LogP contribution in [0.2, 0.25) is 0 Å². The molecule has 3 aromatic rings. The maximum Gasteiger partial charge on any atom is 0.110 e. The Bertz CT molecular complexity index is 730. The molecule has 0 bridgehead atoms. The van der Waals surface area contributed by atoms with Crippen LogP contribution in [0.25, 0.3) is 22.5 Å². The number of H-pyrrole nitrogens is 1. The monoisotopic (exact) mass is 318 g/mol. The smallest absolute Gasteiger partial charge is 0.110 e. The zero-order valence-corrected chi connectivity index (χ0v) is 13.9. The van der Waals surface area contributed by atoms with Crippen LogP contribution in [0.15, 0.2) is 54.9 Å². The number of hydrogen-bond acceptors (Lipinski definition) is 3. The van der Waals surface area contributed by atoms with Crippen molar-refractivity contribution in [1.29, 1.82) is 0 Å². The first-order valence-corrected chi connectivity index (χ1v) is 8.55. The third-order valence-electron chi connectivity index (χ3n) is 4.84. The molecule has 4 rings (SSSR count). The van der Waals surface area contributed by atoms with Crippen molar-refractivity contribution in [2.45, 2.75) is 18.8 Å². The van der Waals surface area contributed by atoms with Crippen molar-refractivity contribution in [1.82, 2.24) is 19.9 Å². The lowest BCUT2D eigenvalue weighted by Gasteiger charge is -2.27. The Balaban J connectivity index is 1.76. The van der Waals surface area contributed by atoms with Crippen molar-refractivity contribution in [3.63, 3.8) is 0 Å². The number of nitrogens with one attached hydrogen (secondary N) is 1. The van der Waals surface area contributed by atoms with Crippen molar-refractivity contribution >= 4 is 0 Å². The Morgan fingerprint density at radius 3 is 2.38 bits per heavy atom. The van der Waals surface area contributed by atoms with Crippen molar-refractivity contribution < 1.29 is 0 Å². The van der Waals surface area contributed by atoms with Crippen LogP contribution in [0.4, 0.5) is 0 Å². The van der Waals surface area contributed by atoms with Crippen molar-refractivity contribution in [2.75, 3.05) is 20.1 Å². The van der Waals surface area contributed by atoms with Crippen LogP contribution in [0, 0.1) is 0 Å². The summed E-state index contributed by atoms with van der Waals surface area (Å²) in [7, 11) is 2.19. The van der Waals surface area contributed by atoms with Crippen LogP contribution in [0.3, 0.4) is 0 Å². The van der Waals surface area contributed by atoms with E-state index in [1.807, 2.05) is 30.6 Å². The first kappa shape index (κ1) is 15.1. The second kappa shape index (κ2) is 6.57. The summed E-state index contributed by atoms with van der Waals surface area (Å²) in [5, 5.41) is 0. The number of aromatic amines is 1. The van der Waals surface area contributed by atoms with Crippen LogP contribution in [-0.4, -0.2) is 40.0 Å². The summed E-state index contributed by atoms with van der Waals surface area (Å²) >= 11 is 0. The van der Waals surface area contributed by atoms with Gasteiger partial charge in [0.15, 0.2) is 0 Å². The largest absolute Gasteiger partial charge is 0.341 e. The van der Waals surface area contributed by atoms with Gasteiger partial charge in [-0.2, -0.15) is 0 Å². The van der Waals surface area contributed by atoms with Crippen molar-refractivity contribution in [3.8, 4) is 22.5 Å². The molecule has 1 aliphatic heterocycles. The summed E-state index contributed by atoms with van der Waals surface area (Å²) in [6, 6.07) is 14.5. The standard InChI is InChI=1S/C20H22N4/c1-24-13-9-17(10-14-24)20-22-18(15-5-3-2-4-6-15)19(23-20)16-7-11-21-12-8-16/h2-8,11-12,17H,9-10,13-14H2,1H3,(H,22,23). The predicted molar refractivity (Wildman–Crippen MR) is 96.7 cm³/mol. The highest BCUT2D eigenvalue weighted by atomic mass is 15.1. The van der Waals surface area contributed by atoms with E-state index in [0.717, 1.165) is 54.3 Å². The molecule has 1 N–H and O–H groups in total. The lowest BCUT2D eigenvalue weighted by atomic mass is 9.96. The highest BCUT2D eigenvalue weighted by Gasteiger charge is 2.23. The van der Waals surface area contributed by atoms with Gasteiger partial charge in [-0.3, -0.25) is 4.98 Å². The molecule has 3 heterocycles. The molecular formula is C20H22N4. The predicted octanol–water partition coefficient (Wildman–Crippen LogP) is 3.95. The molecule has 4 heteroatoms. The van der Waals surface area contributed by atoms with Gasteiger partial charge < -0.3 is 9.88 Å². The Hall–Kier alpha value is -2.46. The summed E-state index contributed by atoms with van der Waals surface area (Å²) in [6.45, 7) is 2.27. The maximum atomic E-state index is 5.01. The summed E-state index contributed by atoms with van der Waals surface area (Å²) in [5.74, 6) is 1.63. The third kappa shape index (κ3) is 2.97. The quantitative estimate of drug-likeness (QED) is 0.795. The lowest BCUT2D eigenvalue weighted by molar-refractivity contribution is 0.251. The molecule has 1 aliphatic rings. The molecule has 0 aliphatic carbocycles. The van der Waals surface area contributed by atoms with Crippen LogP contribution in [0.5, 0.6) is 0 Å². The molecule has 0 amide bonds. The highest BCUT2D eigenvalue weighted by Crippen LogP contribution is 2.34. The van der Waals surface area contributed by atoms with Gasteiger partial charge in [0.05, 0.1) is 11.4 Å². The van der Waals surface area contributed by atoms with Crippen molar-refractivity contribution in [3.05, 3.63) is 60.7 Å². The summed E-state index contributed by atoms with van der Waals surface area (Å²) in [4.78, 5) is 15.2. The number of benzene rings is 1. The van der Waals surface area contributed by atoms with Crippen LogP contribution in [-0.2, 0) is 0 Å². The average molecular weight is 318 g/mol. The van der Waals surface area contributed by atoms with E-state index in [0.29, 0.717) is 5.92 Å². The molecule has 2 aromatic heterocycles. The molecule has 1 saturated heterocycles. The fourth-order valence-corrected chi connectivity index (χ4v) is 3.40. The Morgan fingerprint density at radius 2 is 1.67 bits per heavy atom. The fourth-order valence-electron chi connectivity index (χ4n) is 3.40. The Kier molecular flexibility index (Phi) is 4.13. The zero-order valence-electron chi connectivity index (χ0n) is 13.9. The zero-order chi connectivity index (χ0) is 16.4. The van der Waals surface area contributed by atoms with E-state index in [9.17, 15) is 0 Å². The van der Waals surface area contributed by atoms with Gasteiger partial charge in [-0.15, -0.1) is 0 Å². The van der Waals surface area contributed by atoms with Crippen LogP contribution < -0.4 is 0 Å². The number of hydrogen-bond donors (Lipinski definition) is 1. The normalized spacial score (nSPS) is 16.4. The molecule has 0 unspecified atom stereocenters. The second-order valence-electron chi connectivity index (χ2n) is 6.53. The molecule has 0 spiro atoms. The number of nitrogens with zero attached hydrogens (tertiary/aromatic N) is 3. The number of piperidine rings is 1. The van der Waals surface area contributed by atoms with Crippen LogP contribution in [0.1, 0.15) is 24.6 Å². The number of pyridine rings is 1. The minimum atomic E-state index is 0.513. The highest BCUT2D eigenvalue weighted by molar-refractivity contribution is 5.78. The first-order chi connectivity index (χ1) is 11.8. The number of aromatic nitrogens is 3. The number of likely N-dealkylation sites (tertiary alicyclic amines) is 1. The van der Waals surface area contributed by atoms with Gasteiger partial charge in [-0.05, 0) is 45.1 Å². The second-order valence-corrected chi connectivity index (χ2v) is 6.53. The fraction of sp³-hybridized carbons (Fsp3) is 0.300. The average Bonchev–Trinajstić information content (AvgIpc) is 3.09. The summed E-state index contributed by atoms with van der Waals surface area (Å²) in [6.07, 6.45) is 5.99. The summed E-state index contributed by atoms with van der Waals surface area (Å²) < 4.78 is 0. The van der Waals surface area contributed by atoms with E-state index in [2.05, 4.69) is 46.2 Å². The van der Waals surface area contributed by atoms with Gasteiger partial charge in [0.2, 0.25) is 0 Å². The van der Waals surface area contributed by atoms with E-state index in [1.165, 1.54) is 0 Å². The molecule has 1 aromatic carbocycles. The Morgan fingerprint density at radius 1 is 0.958 bits per heavy atom. The minimum Gasteiger partial charge on any atom is -0.341 e. The van der Waals surface area contributed by atoms with E-state index in [-0.39, 0.29) is 0 Å². The molecule has 4 nitrogen and oxygen atoms in total. The molecule has 0 radical (unpaired) electrons. The molecular weight excluding hydrogens is 296 g/mol. The SMILES string of the molecule is CN1CCC(c2nc(-c3ccccc3)c(-c3ccncc3)[nH]2)CC1. The molecule has 24 heavy (non-hydrogen) atoms. The van der Waals surface area contributed by atoms with Gasteiger partial charge in [-0.1, -0.05) is 30.3 Å². The van der Waals surface area contributed by atoms with Crippen LogP contribution >= 0.6 is 0 Å². The Labute approximate surface area is 142 Å².